The Hall–Kier alpha value is -2.88. The first-order valence-corrected chi connectivity index (χ1v) is 11.1. The highest BCUT2D eigenvalue weighted by Crippen LogP contribution is 2.35. The number of benzene rings is 2. The van der Waals surface area contributed by atoms with Crippen molar-refractivity contribution in [1.29, 1.82) is 0 Å². The summed E-state index contributed by atoms with van der Waals surface area (Å²) >= 11 is 2.12. The molecule has 7 nitrogen and oxygen atoms in total. The van der Waals surface area contributed by atoms with Crippen molar-refractivity contribution in [2.45, 2.75) is 27.2 Å². The number of urea groups is 1. The van der Waals surface area contributed by atoms with E-state index in [0.29, 0.717) is 42.4 Å². The third-order valence-corrected chi connectivity index (χ3v) is 5.45. The average Bonchev–Trinajstić information content (AvgIpc) is 2.74. The average molecular weight is 534 g/mol. The molecule has 1 aliphatic rings. The number of hydrogen-bond donors (Lipinski definition) is 1. The van der Waals surface area contributed by atoms with Gasteiger partial charge in [0.1, 0.15) is 5.57 Å². The fourth-order valence-corrected chi connectivity index (χ4v) is 4.07. The van der Waals surface area contributed by atoms with Gasteiger partial charge in [-0.25, -0.2) is 9.69 Å². The summed E-state index contributed by atoms with van der Waals surface area (Å²) in [6.07, 6.45) is 2.10. The molecule has 1 N–H and O–H groups in total. The number of halogens is 1. The first-order valence-electron chi connectivity index (χ1n) is 9.99. The van der Waals surface area contributed by atoms with E-state index in [4.69, 9.17) is 9.47 Å². The maximum absolute atomic E-state index is 13.2. The number of amides is 4. The molecule has 0 unspecified atom stereocenters. The van der Waals surface area contributed by atoms with Crippen molar-refractivity contribution in [3.8, 4) is 11.5 Å². The SMILES string of the molecule is CCOc1cc(/C=C2/C(=O)NC(=O)N(c3ccccc3CC)C2=O)cc(I)c1OCC. The number of carbonyl (C=O) groups is 3. The molecule has 0 aliphatic carbocycles. The number of para-hydroxylation sites is 1. The van der Waals surface area contributed by atoms with Gasteiger partial charge in [0.05, 0.1) is 22.5 Å². The molecule has 8 heteroatoms. The van der Waals surface area contributed by atoms with Crippen molar-refractivity contribution in [2.75, 3.05) is 18.1 Å². The smallest absolute Gasteiger partial charge is 0.335 e. The zero-order valence-corrected chi connectivity index (χ0v) is 19.7. The molecule has 3 rings (SSSR count). The summed E-state index contributed by atoms with van der Waals surface area (Å²) in [4.78, 5) is 39.2. The van der Waals surface area contributed by atoms with Crippen molar-refractivity contribution >= 4 is 52.2 Å². The second-order valence-corrected chi connectivity index (χ2v) is 7.80. The van der Waals surface area contributed by atoms with E-state index in [0.717, 1.165) is 14.0 Å². The Morgan fingerprint density at radius 2 is 1.74 bits per heavy atom. The number of carbonyl (C=O) groups excluding carboxylic acids is 3. The van der Waals surface area contributed by atoms with Gasteiger partial charge in [-0.1, -0.05) is 25.1 Å². The molecule has 1 aliphatic heterocycles. The molecule has 0 saturated carbocycles. The van der Waals surface area contributed by atoms with Crippen LogP contribution in [0.3, 0.4) is 0 Å². The van der Waals surface area contributed by atoms with Gasteiger partial charge >= 0.3 is 6.03 Å². The molecule has 1 fully saturated rings. The number of hydrogen-bond acceptors (Lipinski definition) is 5. The van der Waals surface area contributed by atoms with Gasteiger partial charge in [0.15, 0.2) is 11.5 Å². The van der Waals surface area contributed by atoms with Gasteiger partial charge in [0, 0.05) is 0 Å². The third kappa shape index (κ3) is 4.73. The second kappa shape index (κ2) is 9.95. The molecule has 1 heterocycles. The van der Waals surface area contributed by atoms with Crippen molar-refractivity contribution in [2.24, 2.45) is 0 Å². The second-order valence-electron chi connectivity index (χ2n) is 6.64. The van der Waals surface area contributed by atoms with Crippen LogP contribution in [0.15, 0.2) is 42.0 Å². The molecule has 2 aromatic carbocycles. The van der Waals surface area contributed by atoms with Crippen LogP contribution in [0, 0.1) is 3.57 Å². The molecular formula is C23H23IN2O5. The van der Waals surface area contributed by atoms with E-state index >= 15 is 0 Å². The Bertz CT molecular complexity index is 1060. The monoisotopic (exact) mass is 534 g/mol. The number of rotatable bonds is 7. The van der Waals surface area contributed by atoms with Gasteiger partial charge in [0.2, 0.25) is 0 Å². The lowest BCUT2D eigenvalue weighted by Gasteiger charge is -2.28. The van der Waals surface area contributed by atoms with Crippen LogP contribution < -0.4 is 19.7 Å². The minimum Gasteiger partial charge on any atom is -0.490 e. The van der Waals surface area contributed by atoms with E-state index in [-0.39, 0.29) is 5.57 Å². The number of nitrogens with zero attached hydrogens (tertiary/aromatic N) is 1. The normalized spacial score (nSPS) is 15.3. The van der Waals surface area contributed by atoms with Crippen molar-refractivity contribution in [3.05, 3.63) is 56.7 Å². The van der Waals surface area contributed by atoms with Crippen molar-refractivity contribution in [1.82, 2.24) is 5.32 Å². The topological polar surface area (TPSA) is 84.9 Å². The lowest BCUT2D eigenvalue weighted by Crippen LogP contribution is -2.54. The van der Waals surface area contributed by atoms with Crippen LogP contribution in [0.1, 0.15) is 31.9 Å². The maximum Gasteiger partial charge on any atom is 0.335 e. The highest BCUT2D eigenvalue weighted by Gasteiger charge is 2.37. The summed E-state index contributed by atoms with van der Waals surface area (Å²) in [6.45, 7) is 6.59. The predicted molar refractivity (Wildman–Crippen MR) is 126 cm³/mol. The zero-order chi connectivity index (χ0) is 22.5. The Kier molecular flexibility index (Phi) is 7.32. The molecule has 0 bridgehead atoms. The molecule has 0 spiro atoms. The summed E-state index contributed by atoms with van der Waals surface area (Å²) in [6, 6.07) is 9.87. The molecule has 1 saturated heterocycles. The standard InChI is InChI=1S/C23H23IN2O5/c1-4-15-9-7-8-10-18(15)26-22(28)16(21(27)25-23(26)29)11-14-12-17(24)20(31-6-3)19(13-14)30-5-2/h7-13H,4-6H2,1-3H3,(H,25,27,29)/b16-11-. The number of barbiturate groups is 1. The lowest BCUT2D eigenvalue weighted by molar-refractivity contribution is -0.122. The maximum atomic E-state index is 13.2. The van der Waals surface area contributed by atoms with Crippen molar-refractivity contribution in [3.63, 3.8) is 0 Å². The first kappa shape index (κ1) is 22.8. The largest absolute Gasteiger partial charge is 0.490 e. The summed E-state index contributed by atoms with van der Waals surface area (Å²) in [5.41, 5.74) is 1.75. The molecule has 162 valence electrons. The Labute approximate surface area is 194 Å². The molecule has 4 amide bonds. The lowest BCUT2D eigenvalue weighted by atomic mass is 10.0. The van der Waals surface area contributed by atoms with E-state index < -0.39 is 17.8 Å². The van der Waals surface area contributed by atoms with Gasteiger partial charge in [-0.05, 0) is 78.3 Å². The Morgan fingerprint density at radius 1 is 1.03 bits per heavy atom. The van der Waals surface area contributed by atoms with Crippen LogP contribution in [-0.4, -0.2) is 31.1 Å². The van der Waals surface area contributed by atoms with Crippen LogP contribution in [0.2, 0.25) is 0 Å². The van der Waals surface area contributed by atoms with Crippen LogP contribution >= 0.6 is 22.6 Å². The Balaban J connectivity index is 2.06. The van der Waals surface area contributed by atoms with Crippen molar-refractivity contribution < 1.29 is 23.9 Å². The highest BCUT2D eigenvalue weighted by molar-refractivity contribution is 14.1. The van der Waals surface area contributed by atoms with Crippen LogP contribution in [0.4, 0.5) is 10.5 Å². The highest BCUT2D eigenvalue weighted by atomic mass is 127. The fraction of sp³-hybridized carbons (Fsp3) is 0.261. The molecule has 31 heavy (non-hydrogen) atoms. The van der Waals surface area contributed by atoms with Gasteiger partial charge in [0.25, 0.3) is 11.8 Å². The van der Waals surface area contributed by atoms with E-state index in [2.05, 4.69) is 27.9 Å². The number of anilines is 1. The molecule has 2 aromatic rings. The predicted octanol–water partition coefficient (Wildman–Crippen LogP) is 4.32. The van der Waals surface area contributed by atoms with Crippen LogP contribution in [0.5, 0.6) is 11.5 Å². The minimum absolute atomic E-state index is 0.132. The van der Waals surface area contributed by atoms with Crippen LogP contribution in [-0.2, 0) is 16.0 Å². The summed E-state index contributed by atoms with van der Waals surface area (Å²) in [5, 5.41) is 2.27. The summed E-state index contributed by atoms with van der Waals surface area (Å²) < 4.78 is 12.1. The number of aryl methyl sites for hydroxylation is 1. The van der Waals surface area contributed by atoms with Gasteiger partial charge in [-0.3, -0.25) is 14.9 Å². The van der Waals surface area contributed by atoms with E-state index in [1.54, 1.807) is 24.3 Å². The summed E-state index contributed by atoms with van der Waals surface area (Å²) in [7, 11) is 0. The van der Waals surface area contributed by atoms with E-state index in [1.807, 2.05) is 32.9 Å². The fourth-order valence-electron chi connectivity index (χ4n) is 3.29. The molecular weight excluding hydrogens is 511 g/mol. The minimum atomic E-state index is -0.760. The number of imide groups is 2. The van der Waals surface area contributed by atoms with E-state index in [9.17, 15) is 14.4 Å². The molecule has 0 aromatic heterocycles. The molecule has 0 radical (unpaired) electrons. The Morgan fingerprint density at radius 3 is 2.42 bits per heavy atom. The molecule has 0 atom stereocenters. The first-order chi connectivity index (χ1) is 14.9. The quantitative estimate of drug-likeness (QED) is 0.325. The summed E-state index contributed by atoms with van der Waals surface area (Å²) in [5.74, 6) is -0.269. The van der Waals surface area contributed by atoms with Gasteiger partial charge in [-0.2, -0.15) is 0 Å². The van der Waals surface area contributed by atoms with Gasteiger partial charge in [-0.15, -0.1) is 0 Å². The third-order valence-electron chi connectivity index (χ3n) is 4.65. The zero-order valence-electron chi connectivity index (χ0n) is 17.5. The number of ether oxygens (including phenoxy) is 2. The van der Waals surface area contributed by atoms with Gasteiger partial charge < -0.3 is 9.47 Å². The number of nitrogens with one attached hydrogen (secondary N) is 1. The van der Waals surface area contributed by atoms with Crippen LogP contribution in [0.25, 0.3) is 6.08 Å². The van der Waals surface area contributed by atoms with E-state index in [1.165, 1.54) is 6.08 Å².